The summed E-state index contributed by atoms with van der Waals surface area (Å²) in [7, 11) is 0. The molecule has 0 N–H and O–H groups in total. The number of aromatic nitrogens is 2. The zero-order valence-electron chi connectivity index (χ0n) is 16.7. The van der Waals surface area contributed by atoms with Crippen LogP contribution in [0.25, 0.3) is 0 Å². The number of aryl methyl sites for hydroxylation is 1. The molecule has 0 bridgehead atoms. The molecule has 0 fully saturated rings. The number of nitrogens with zero attached hydrogens (tertiary/aromatic N) is 2. The predicted molar refractivity (Wildman–Crippen MR) is 111 cm³/mol. The fraction of sp³-hybridized carbons (Fsp3) is 0.682. The Labute approximate surface area is 164 Å². The highest BCUT2D eigenvalue weighted by atomic mass is 32.1. The quantitative estimate of drug-likeness (QED) is 0.269. The third kappa shape index (κ3) is 8.05. The summed E-state index contributed by atoms with van der Waals surface area (Å²) in [6.07, 6.45) is 18.6. The van der Waals surface area contributed by atoms with Crippen LogP contribution in [-0.2, 0) is 17.8 Å². The lowest BCUT2D eigenvalue weighted by Crippen LogP contribution is -2.35. The summed E-state index contributed by atoms with van der Waals surface area (Å²) in [5, 5.41) is 2.14. The van der Waals surface area contributed by atoms with Crippen LogP contribution in [0.5, 0.6) is 0 Å². The van der Waals surface area contributed by atoms with Crippen molar-refractivity contribution in [2.45, 2.75) is 90.8 Å². The summed E-state index contributed by atoms with van der Waals surface area (Å²) in [5.41, 5.74) is 0. The lowest BCUT2D eigenvalue weighted by molar-refractivity contribution is -0.704. The molecule has 2 aromatic heterocycles. The maximum atomic E-state index is 6.17. The van der Waals surface area contributed by atoms with Crippen LogP contribution in [0.2, 0.25) is 0 Å². The highest BCUT2D eigenvalue weighted by Gasteiger charge is 2.17. The number of thiophene rings is 1. The Bertz CT molecular complexity index is 564. The van der Waals surface area contributed by atoms with E-state index in [1.54, 1.807) is 11.3 Å². The summed E-state index contributed by atoms with van der Waals surface area (Å²) in [4.78, 5) is 1.33. The first-order valence-electron chi connectivity index (χ1n) is 10.5. The first kappa shape index (κ1) is 21.2. The first-order chi connectivity index (χ1) is 12.8. The number of hydrogen-bond acceptors (Lipinski definition) is 2. The fourth-order valence-corrected chi connectivity index (χ4v) is 3.96. The minimum absolute atomic E-state index is 0.168. The second-order valence-electron chi connectivity index (χ2n) is 7.20. The summed E-state index contributed by atoms with van der Waals surface area (Å²) < 4.78 is 10.8. The molecule has 0 radical (unpaired) electrons. The number of unbranched alkanes of at least 4 members (excludes halogenated alkanes) is 7. The van der Waals surface area contributed by atoms with Crippen LogP contribution < -0.4 is 4.57 Å². The molecule has 4 heteroatoms. The van der Waals surface area contributed by atoms with Crippen LogP contribution in [0.3, 0.4) is 0 Å². The standard InChI is InChI=1S/C22H37N2OS/c1-3-5-7-8-9-10-11-14-23-15-16-24(20-23)19-21(25-17-6-4-2)22-13-12-18-26-22/h12-13,15-16,18,20-21H,3-11,14,17,19H2,1-2H3/q+1. The SMILES string of the molecule is CCCCCCCCCn1cc[n+](CC(OCCCC)c2cccs2)c1. The second-order valence-corrected chi connectivity index (χ2v) is 8.18. The van der Waals surface area contributed by atoms with Crippen LogP contribution in [0.15, 0.2) is 36.2 Å². The molecule has 2 rings (SSSR count). The largest absolute Gasteiger partial charge is 0.369 e. The second kappa shape index (κ2) is 13.1. The number of rotatable bonds is 15. The predicted octanol–water partition coefficient (Wildman–Crippen LogP) is 6.15. The molecule has 3 nitrogen and oxygen atoms in total. The van der Waals surface area contributed by atoms with E-state index >= 15 is 0 Å². The first-order valence-corrected chi connectivity index (χ1v) is 11.4. The van der Waals surface area contributed by atoms with Gasteiger partial charge in [0.25, 0.3) is 0 Å². The summed E-state index contributed by atoms with van der Waals surface area (Å²) in [5.74, 6) is 0. The molecule has 0 amide bonds. The molecule has 2 heterocycles. The van der Waals surface area contributed by atoms with Crippen molar-refractivity contribution >= 4 is 11.3 Å². The van der Waals surface area contributed by atoms with Gasteiger partial charge in [-0.2, -0.15) is 0 Å². The normalized spacial score (nSPS) is 12.5. The minimum atomic E-state index is 0.168. The van der Waals surface area contributed by atoms with Gasteiger partial charge in [-0.25, -0.2) is 9.13 Å². The molecule has 146 valence electrons. The van der Waals surface area contributed by atoms with Gasteiger partial charge in [-0.15, -0.1) is 11.3 Å². The van der Waals surface area contributed by atoms with Gasteiger partial charge < -0.3 is 4.74 Å². The monoisotopic (exact) mass is 377 g/mol. The minimum Gasteiger partial charge on any atom is -0.369 e. The summed E-state index contributed by atoms with van der Waals surface area (Å²) in [6.45, 7) is 7.36. The third-order valence-electron chi connectivity index (χ3n) is 4.82. The topological polar surface area (TPSA) is 18.0 Å². The molecule has 0 aliphatic heterocycles. The van der Waals surface area contributed by atoms with E-state index in [4.69, 9.17) is 4.74 Å². The van der Waals surface area contributed by atoms with Gasteiger partial charge in [-0.3, -0.25) is 0 Å². The van der Waals surface area contributed by atoms with E-state index in [0.29, 0.717) is 0 Å². The van der Waals surface area contributed by atoms with Gasteiger partial charge in [-0.1, -0.05) is 58.4 Å². The van der Waals surface area contributed by atoms with Crippen molar-refractivity contribution in [3.05, 3.63) is 41.1 Å². The van der Waals surface area contributed by atoms with Crippen LogP contribution >= 0.6 is 11.3 Å². The summed E-state index contributed by atoms with van der Waals surface area (Å²) >= 11 is 1.79. The Morgan fingerprint density at radius 2 is 1.81 bits per heavy atom. The van der Waals surface area contributed by atoms with E-state index in [0.717, 1.165) is 26.1 Å². The Morgan fingerprint density at radius 1 is 1.04 bits per heavy atom. The fourth-order valence-electron chi connectivity index (χ4n) is 3.19. The van der Waals surface area contributed by atoms with Crippen LogP contribution in [-0.4, -0.2) is 11.2 Å². The van der Waals surface area contributed by atoms with Crippen LogP contribution in [0.4, 0.5) is 0 Å². The Hall–Kier alpha value is -1.13. The molecule has 0 aliphatic carbocycles. The van der Waals surface area contributed by atoms with E-state index < -0.39 is 0 Å². The van der Waals surface area contributed by atoms with Crippen molar-refractivity contribution in [2.75, 3.05) is 6.61 Å². The van der Waals surface area contributed by atoms with Crippen molar-refractivity contribution in [3.8, 4) is 0 Å². The van der Waals surface area contributed by atoms with Gasteiger partial charge in [0, 0.05) is 11.5 Å². The van der Waals surface area contributed by atoms with Crippen molar-refractivity contribution in [1.29, 1.82) is 0 Å². The van der Waals surface area contributed by atoms with Gasteiger partial charge in [0.15, 0.2) is 0 Å². The molecule has 0 saturated carbocycles. The average molecular weight is 378 g/mol. The molecule has 0 spiro atoms. The van der Waals surface area contributed by atoms with Crippen LogP contribution in [0.1, 0.15) is 82.6 Å². The van der Waals surface area contributed by atoms with Crippen molar-refractivity contribution in [3.63, 3.8) is 0 Å². The summed E-state index contributed by atoms with van der Waals surface area (Å²) in [6, 6.07) is 4.31. The smallest absolute Gasteiger partial charge is 0.243 e. The van der Waals surface area contributed by atoms with E-state index in [9.17, 15) is 0 Å². The lowest BCUT2D eigenvalue weighted by Gasteiger charge is -2.14. The molecule has 26 heavy (non-hydrogen) atoms. The van der Waals surface area contributed by atoms with Gasteiger partial charge >= 0.3 is 0 Å². The van der Waals surface area contributed by atoms with E-state index in [-0.39, 0.29) is 6.10 Å². The highest BCUT2D eigenvalue weighted by Crippen LogP contribution is 2.23. The van der Waals surface area contributed by atoms with E-state index in [1.807, 2.05) is 0 Å². The molecule has 0 aliphatic rings. The molecular weight excluding hydrogens is 340 g/mol. The molecular formula is C22H37N2OS+. The maximum absolute atomic E-state index is 6.17. The highest BCUT2D eigenvalue weighted by molar-refractivity contribution is 7.10. The molecule has 1 unspecified atom stereocenters. The molecule has 1 atom stereocenters. The number of imidazole rings is 1. The Kier molecular flexibility index (Phi) is 10.7. The average Bonchev–Trinajstić information content (AvgIpc) is 3.32. The van der Waals surface area contributed by atoms with E-state index in [2.05, 4.69) is 59.2 Å². The zero-order valence-corrected chi connectivity index (χ0v) is 17.6. The van der Waals surface area contributed by atoms with Gasteiger partial charge in [0.1, 0.15) is 25.0 Å². The van der Waals surface area contributed by atoms with Gasteiger partial charge in [0.05, 0.1) is 6.54 Å². The van der Waals surface area contributed by atoms with Crippen molar-refractivity contribution in [2.24, 2.45) is 0 Å². The van der Waals surface area contributed by atoms with E-state index in [1.165, 1.54) is 56.2 Å². The lowest BCUT2D eigenvalue weighted by atomic mass is 10.1. The number of hydrogen-bond donors (Lipinski definition) is 0. The molecule has 0 aromatic carbocycles. The van der Waals surface area contributed by atoms with Crippen molar-refractivity contribution < 1.29 is 9.30 Å². The maximum Gasteiger partial charge on any atom is 0.243 e. The van der Waals surface area contributed by atoms with Crippen LogP contribution in [0, 0.1) is 0 Å². The van der Waals surface area contributed by atoms with Gasteiger partial charge in [0.2, 0.25) is 6.33 Å². The van der Waals surface area contributed by atoms with Gasteiger partial charge in [-0.05, 0) is 30.7 Å². The molecule has 0 saturated heterocycles. The Balaban J connectivity index is 1.74. The zero-order chi connectivity index (χ0) is 18.5. The third-order valence-corrected chi connectivity index (χ3v) is 5.78. The number of ether oxygens (including phenoxy) is 1. The molecule has 2 aromatic rings. The van der Waals surface area contributed by atoms with Crippen molar-refractivity contribution in [1.82, 2.24) is 4.57 Å². The Morgan fingerprint density at radius 3 is 2.54 bits per heavy atom.